The lowest BCUT2D eigenvalue weighted by Gasteiger charge is -2.34. The first-order valence-electron chi connectivity index (χ1n) is 12.7. The molecule has 26 heteroatoms. The highest BCUT2D eigenvalue weighted by atomic mass is 32.5. The number of aromatic amines is 1. The minimum atomic E-state index is -5.25. The van der Waals surface area contributed by atoms with Crippen molar-refractivity contribution < 1.29 is 50.7 Å². The van der Waals surface area contributed by atoms with Crippen molar-refractivity contribution in [3.63, 3.8) is 0 Å². The van der Waals surface area contributed by atoms with Crippen LogP contribution in [0.1, 0.15) is 0 Å². The molecule has 0 saturated carbocycles. The first kappa shape index (κ1) is 30.5. The fourth-order valence-electron chi connectivity index (χ4n) is 5.24. The van der Waals surface area contributed by atoms with Crippen LogP contribution < -0.4 is 17.0 Å². The van der Waals surface area contributed by atoms with E-state index in [9.17, 15) is 19.1 Å². The third-order valence-corrected chi connectivity index (χ3v) is 9.84. The van der Waals surface area contributed by atoms with Gasteiger partial charge >= 0.3 is 14.5 Å². The lowest BCUT2D eigenvalue weighted by Crippen LogP contribution is -2.46. The predicted octanol–water partition coefficient (Wildman–Crippen LogP) is -1.30. The highest BCUT2D eigenvalue weighted by Crippen LogP contribution is 2.56. The normalized spacial score (nSPS) is 37.7. The highest BCUT2D eigenvalue weighted by molar-refractivity contribution is 8.07. The van der Waals surface area contributed by atoms with Crippen LogP contribution in [0.3, 0.4) is 0 Å². The van der Waals surface area contributed by atoms with Crippen molar-refractivity contribution in [3.05, 3.63) is 23.0 Å². The van der Waals surface area contributed by atoms with Crippen LogP contribution >= 0.6 is 14.5 Å². The zero-order chi connectivity index (χ0) is 31.9. The second-order valence-electron chi connectivity index (χ2n) is 10.1. The van der Waals surface area contributed by atoms with Crippen molar-refractivity contribution in [2.45, 2.75) is 36.0 Å². The molecule has 0 aliphatic carbocycles. The average Bonchev–Trinajstić information content (AvgIpc) is 3.73. The number of fused-ring (bicyclic) bond motifs is 5. The van der Waals surface area contributed by atoms with E-state index >= 15 is 8.78 Å². The fraction of sp³-hybridized carbons (Fsp3) is 0.526. The number of nitrogen functional groups attached to an aromatic ring is 2. The zero-order valence-electron chi connectivity index (χ0n) is 22.2. The molecule has 242 valence electrons. The van der Waals surface area contributed by atoms with E-state index in [4.69, 9.17) is 50.8 Å². The number of nitrogens with zero attached hydrogens (tertiary/aromatic N) is 8. The van der Waals surface area contributed by atoms with Crippen LogP contribution in [0.15, 0.2) is 17.4 Å². The summed E-state index contributed by atoms with van der Waals surface area (Å²) in [6.07, 6.45) is -5.63. The van der Waals surface area contributed by atoms with Gasteiger partial charge in [0, 0.05) is 0 Å². The Morgan fingerprint density at radius 1 is 1.09 bits per heavy atom. The number of phosphoric ester groups is 1. The minimum absolute atomic E-state index is 0.0840. The molecule has 3 fully saturated rings. The summed E-state index contributed by atoms with van der Waals surface area (Å²) in [7, 11) is -5.25. The molecule has 4 aromatic heterocycles. The second-order valence-corrected chi connectivity index (χ2v) is 14.2. The summed E-state index contributed by atoms with van der Waals surface area (Å²) in [6, 6.07) is 0. The van der Waals surface area contributed by atoms with Crippen LogP contribution in [-0.4, -0.2) is 105 Å². The van der Waals surface area contributed by atoms with Gasteiger partial charge in [0.1, 0.15) is 25.1 Å². The van der Waals surface area contributed by atoms with Gasteiger partial charge in [-0.1, -0.05) is 5.21 Å². The molecule has 4 aromatic rings. The standard InChI is InChI=1S/C19H21F2N11O10P2S/c20-11-7-1-39-43(34,35)41-12-8(37-3-18(12,21)32-14-9(29-30-32)13(22)24-5-25-14)2-40-44(36,45)42-19(11,4-38-7)31-6-26-10-15(31)27-17(23)28-16(10)33/h5-8,11-12H,1-4H2,(H,34,35)(H,36,45)(H2,22,24,25)(H3,23,27,28,33)/t7-,8-,11-,12-,18-,19+,44?/m1/s1. The minimum Gasteiger partial charge on any atom is -0.382 e. The van der Waals surface area contributed by atoms with Gasteiger partial charge in [-0.15, -0.1) is 5.10 Å². The van der Waals surface area contributed by atoms with E-state index in [1.165, 1.54) is 0 Å². The number of phosphoric acid groups is 1. The summed E-state index contributed by atoms with van der Waals surface area (Å²) in [5.74, 6) is -3.37. The summed E-state index contributed by atoms with van der Waals surface area (Å²) in [6.45, 7) is -7.89. The van der Waals surface area contributed by atoms with Gasteiger partial charge in [-0.3, -0.25) is 27.9 Å². The number of hydrogen-bond acceptors (Lipinski definition) is 17. The molecule has 2 bridgehead atoms. The third-order valence-electron chi connectivity index (χ3n) is 7.31. The molecule has 7 rings (SSSR count). The predicted molar refractivity (Wildman–Crippen MR) is 146 cm³/mol. The van der Waals surface area contributed by atoms with Crippen molar-refractivity contribution in [2.75, 3.05) is 37.9 Å². The molecule has 0 aromatic carbocycles. The van der Waals surface area contributed by atoms with Gasteiger partial charge in [0.15, 0.2) is 40.4 Å². The molecule has 7 N–H and O–H groups in total. The van der Waals surface area contributed by atoms with Gasteiger partial charge in [0.25, 0.3) is 11.4 Å². The van der Waals surface area contributed by atoms with Crippen molar-refractivity contribution in [1.82, 2.24) is 44.5 Å². The van der Waals surface area contributed by atoms with E-state index in [1.807, 2.05) is 0 Å². The molecular weight excluding hydrogens is 674 g/mol. The number of hydrogen-bond donors (Lipinski definition) is 5. The van der Waals surface area contributed by atoms with Crippen molar-refractivity contribution in [2.24, 2.45) is 0 Å². The molecule has 3 aliphatic rings. The molecule has 0 amide bonds. The maximum absolute atomic E-state index is 16.8. The number of rotatable bonds is 2. The number of halogens is 2. The monoisotopic (exact) mass is 695 g/mol. The molecule has 8 atom stereocenters. The lowest BCUT2D eigenvalue weighted by molar-refractivity contribution is -0.0727. The number of nitrogens with two attached hydrogens (primary N) is 2. The number of ether oxygens (including phenoxy) is 2. The van der Waals surface area contributed by atoms with Crippen LogP contribution in [-0.2, 0) is 55.5 Å². The molecule has 3 aliphatic heterocycles. The van der Waals surface area contributed by atoms with Crippen LogP contribution in [0.2, 0.25) is 0 Å². The summed E-state index contributed by atoms with van der Waals surface area (Å²) in [4.78, 5) is 52.0. The molecule has 2 unspecified atom stereocenters. The Hall–Kier alpha value is -3.15. The van der Waals surface area contributed by atoms with Gasteiger partial charge < -0.3 is 35.3 Å². The third kappa shape index (κ3) is 4.93. The molecule has 0 radical (unpaired) electrons. The molecule has 21 nitrogen and oxygen atoms in total. The SMILES string of the molecule is Nc1nc2c(ncn2[C@@]23CO[C@H](COP(=O)(O)O[C@@H]4[C@@H](COP(O)(=S)O2)OC[C@@]4(F)n2nnc4c(N)ncnc42)[C@H]3F)c(=O)[nH]1. The summed E-state index contributed by atoms with van der Waals surface area (Å²) < 4.78 is 80.3. The first-order chi connectivity index (χ1) is 21.2. The Labute approximate surface area is 252 Å². The van der Waals surface area contributed by atoms with E-state index in [0.29, 0.717) is 4.68 Å². The fourth-order valence-corrected chi connectivity index (χ4v) is 7.81. The number of nitrogens with one attached hydrogen (secondary N) is 1. The number of H-pyrrole nitrogens is 1. The molecule has 0 spiro atoms. The quantitative estimate of drug-likeness (QED) is 0.152. The number of alkyl halides is 2. The summed E-state index contributed by atoms with van der Waals surface area (Å²) in [5.41, 5.74) is 7.44. The zero-order valence-corrected chi connectivity index (χ0v) is 24.8. The van der Waals surface area contributed by atoms with Crippen molar-refractivity contribution in [1.29, 1.82) is 0 Å². The van der Waals surface area contributed by atoms with E-state index < -0.39 is 82.5 Å². The molecule has 7 heterocycles. The van der Waals surface area contributed by atoms with Gasteiger partial charge in [-0.25, -0.2) is 28.3 Å². The van der Waals surface area contributed by atoms with Crippen molar-refractivity contribution in [3.8, 4) is 0 Å². The highest BCUT2D eigenvalue weighted by Gasteiger charge is 2.61. The van der Waals surface area contributed by atoms with Crippen LogP contribution in [0.4, 0.5) is 20.5 Å². The first-order valence-corrected chi connectivity index (χ1v) is 16.8. The Morgan fingerprint density at radius 3 is 2.64 bits per heavy atom. The Balaban J connectivity index is 1.28. The smallest absolute Gasteiger partial charge is 0.382 e. The number of imidazole rings is 1. The van der Waals surface area contributed by atoms with Crippen molar-refractivity contribution >= 4 is 60.4 Å². The summed E-state index contributed by atoms with van der Waals surface area (Å²) in [5, 5.41) is 7.49. The Kier molecular flexibility index (Phi) is 7.07. The maximum atomic E-state index is 16.8. The van der Waals surface area contributed by atoms with Gasteiger partial charge in [-0.05, 0) is 11.8 Å². The Bertz CT molecular complexity index is 1980. The van der Waals surface area contributed by atoms with Gasteiger partial charge in [0.2, 0.25) is 11.7 Å². The lowest BCUT2D eigenvalue weighted by atomic mass is 10.1. The topological polar surface area (TPSA) is 285 Å². The number of aromatic nitrogens is 9. The van der Waals surface area contributed by atoms with E-state index in [1.54, 1.807) is 0 Å². The van der Waals surface area contributed by atoms with E-state index in [0.717, 1.165) is 17.2 Å². The molecule has 3 saturated heterocycles. The van der Waals surface area contributed by atoms with Gasteiger partial charge in [-0.2, -0.15) is 9.67 Å². The van der Waals surface area contributed by atoms with Crippen LogP contribution in [0.5, 0.6) is 0 Å². The van der Waals surface area contributed by atoms with Gasteiger partial charge in [0.05, 0.1) is 26.1 Å². The molecule has 45 heavy (non-hydrogen) atoms. The number of anilines is 2. The maximum Gasteiger partial charge on any atom is 0.472 e. The largest absolute Gasteiger partial charge is 0.472 e. The summed E-state index contributed by atoms with van der Waals surface area (Å²) >= 11 is 5.18. The van der Waals surface area contributed by atoms with E-state index in [2.05, 4.69) is 35.2 Å². The average molecular weight is 695 g/mol. The molecular formula is C19H21F2N11O10P2S. The van der Waals surface area contributed by atoms with Crippen LogP contribution in [0, 0.1) is 0 Å². The second kappa shape index (κ2) is 10.4. The Morgan fingerprint density at radius 2 is 1.84 bits per heavy atom. The van der Waals surface area contributed by atoms with E-state index in [-0.39, 0.29) is 34.1 Å². The van der Waals surface area contributed by atoms with Crippen LogP contribution in [0.25, 0.3) is 22.3 Å².